The van der Waals surface area contributed by atoms with Gasteiger partial charge in [-0.25, -0.2) is 4.98 Å². The lowest BCUT2D eigenvalue weighted by molar-refractivity contribution is 0.0709. The van der Waals surface area contributed by atoms with Crippen LogP contribution in [0.4, 0.5) is 5.13 Å². The molecule has 1 amide bonds. The number of aryl methyl sites for hydroxylation is 1. The van der Waals surface area contributed by atoms with Gasteiger partial charge in [0, 0.05) is 56.9 Å². The van der Waals surface area contributed by atoms with E-state index in [9.17, 15) is 4.79 Å². The zero-order valence-electron chi connectivity index (χ0n) is 14.6. The fraction of sp³-hybridized carbons (Fsp3) is 0.625. The van der Waals surface area contributed by atoms with E-state index in [1.54, 1.807) is 17.1 Å². The van der Waals surface area contributed by atoms with Crippen LogP contribution in [-0.4, -0.2) is 56.1 Å². The Morgan fingerprint density at radius 2 is 2.08 bits per heavy atom. The zero-order chi connectivity index (χ0) is 17.3. The predicted molar refractivity (Wildman–Crippen MR) is 94.5 cm³/mol. The molecule has 0 atom stereocenters. The van der Waals surface area contributed by atoms with Crippen molar-refractivity contribution in [1.29, 1.82) is 0 Å². The second-order valence-electron chi connectivity index (χ2n) is 6.63. The minimum atomic E-state index is 0.0413. The molecule has 2 aromatic heterocycles. The molecule has 1 aliphatic heterocycles. The first-order chi connectivity index (χ1) is 11.5. The first-order valence-electron chi connectivity index (χ1n) is 8.30. The third-order valence-electron chi connectivity index (χ3n) is 4.50. The van der Waals surface area contributed by atoms with Crippen LogP contribution in [-0.2, 0) is 7.05 Å². The smallest absolute Gasteiger partial charge is 0.257 e. The molecule has 0 saturated carbocycles. The summed E-state index contributed by atoms with van der Waals surface area (Å²) in [5.74, 6) is 1.32. The lowest BCUT2D eigenvalue weighted by Crippen LogP contribution is -2.45. The summed E-state index contributed by atoms with van der Waals surface area (Å²) in [4.78, 5) is 21.3. The molecule has 7 nitrogen and oxygen atoms in total. The molecule has 1 aliphatic rings. The van der Waals surface area contributed by atoms with Crippen LogP contribution in [0.25, 0.3) is 0 Å². The van der Waals surface area contributed by atoms with Gasteiger partial charge in [-0.05, 0) is 12.8 Å². The average molecular weight is 348 g/mol. The molecule has 3 rings (SSSR count). The standard InChI is InChI=1S/C16H24N6OS/c1-11(2)14-18-16(24-19-14)22-7-5-13(6-8-22)21(4)15(23)12-9-17-20(3)10-12/h9-11,13H,5-8H2,1-4H3. The molecule has 2 aromatic rings. The maximum atomic E-state index is 12.5. The van der Waals surface area contributed by atoms with Crippen LogP contribution >= 0.6 is 11.5 Å². The van der Waals surface area contributed by atoms with Crippen molar-refractivity contribution in [3.05, 3.63) is 23.8 Å². The summed E-state index contributed by atoms with van der Waals surface area (Å²) in [6, 6.07) is 0.256. The molecule has 0 radical (unpaired) electrons. The summed E-state index contributed by atoms with van der Waals surface area (Å²) in [5.41, 5.74) is 0.646. The number of carbonyl (C=O) groups excluding carboxylic acids is 1. The number of aromatic nitrogens is 4. The summed E-state index contributed by atoms with van der Waals surface area (Å²) in [5, 5.41) is 5.08. The monoisotopic (exact) mass is 348 g/mol. The molecule has 8 heteroatoms. The van der Waals surface area contributed by atoms with E-state index in [1.165, 1.54) is 11.5 Å². The average Bonchev–Trinajstić information content (AvgIpc) is 3.23. The summed E-state index contributed by atoms with van der Waals surface area (Å²) in [6.07, 6.45) is 5.28. The van der Waals surface area contributed by atoms with E-state index in [0.717, 1.165) is 36.9 Å². The van der Waals surface area contributed by atoms with Gasteiger partial charge < -0.3 is 9.80 Å². The molecule has 130 valence electrons. The summed E-state index contributed by atoms with van der Waals surface area (Å²) >= 11 is 1.47. The summed E-state index contributed by atoms with van der Waals surface area (Å²) in [7, 11) is 3.71. The van der Waals surface area contributed by atoms with Gasteiger partial charge in [-0.1, -0.05) is 13.8 Å². The Morgan fingerprint density at radius 1 is 1.38 bits per heavy atom. The maximum absolute atomic E-state index is 12.5. The van der Waals surface area contributed by atoms with Crippen LogP contribution < -0.4 is 4.90 Å². The molecule has 24 heavy (non-hydrogen) atoms. The number of carbonyl (C=O) groups is 1. The number of amides is 1. The van der Waals surface area contributed by atoms with Gasteiger partial charge in [-0.2, -0.15) is 9.47 Å². The number of nitrogens with zero attached hydrogens (tertiary/aromatic N) is 6. The van der Waals surface area contributed by atoms with Crippen LogP contribution in [0.15, 0.2) is 12.4 Å². The predicted octanol–water partition coefficient (Wildman–Crippen LogP) is 2.14. The van der Waals surface area contributed by atoms with Crippen molar-refractivity contribution in [2.24, 2.45) is 7.05 Å². The first kappa shape index (κ1) is 16.9. The minimum absolute atomic E-state index is 0.0413. The second kappa shape index (κ2) is 6.88. The Morgan fingerprint density at radius 3 is 2.62 bits per heavy atom. The van der Waals surface area contributed by atoms with Gasteiger partial charge in [0.1, 0.15) is 5.82 Å². The highest BCUT2D eigenvalue weighted by atomic mass is 32.1. The van der Waals surface area contributed by atoms with Crippen LogP contribution in [0.3, 0.4) is 0 Å². The first-order valence-corrected chi connectivity index (χ1v) is 9.07. The molecular weight excluding hydrogens is 324 g/mol. The van der Waals surface area contributed by atoms with Crippen LogP contribution in [0, 0.1) is 0 Å². The van der Waals surface area contributed by atoms with E-state index < -0.39 is 0 Å². The van der Waals surface area contributed by atoms with Gasteiger partial charge in [-0.3, -0.25) is 9.48 Å². The maximum Gasteiger partial charge on any atom is 0.257 e. The highest BCUT2D eigenvalue weighted by Crippen LogP contribution is 2.26. The molecule has 3 heterocycles. The lowest BCUT2D eigenvalue weighted by Gasteiger charge is -2.36. The molecule has 0 spiro atoms. The molecule has 0 bridgehead atoms. The molecule has 0 aromatic carbocycles. The summed E-state index contributed by atoms with van der Waals surface area (Å²) in [6.45, 7) is 6.03. The Balaban J connectivity index is 1.58. The zero-order valence-corrected chi connectivity index (χ0v) is 15.5. The van der Waals surface area contributed by atoms with Gasteiger partial charge in [0.15, 0.2) is 0 Å². The molecule has 0 aliphatic carbocycles. The van der Waals surface area contributed by atoms with Crippen molar-refractivity contribution in [3.63, 3.8) is 0 Å². The normalized spacial score (nSPS) is 16.0. The SMILES string of the molecule is CC(C)c1nsc(N2CCC(N(C)C(=O)c3cnn(C)c3)CC2)n1. The number of hydrogen-bond donors (Lipinski definition) is 0. The van der Waals surface area contributed by atoms with E-state index in [1.807, 2.05) is 19.0 Å². The third-order valence-corrected chi connectivity index (χ3v) is 5.29. The fourth-order valence-electron chi connectivity index (χ4n) is 2.93. The van der Waals surface area contributed by atoms with E-state index in [2.05, 4.69) is 33.2 Å². The van der Waals surface area contributed by atoms with Gasteiger partial charge in [0.2, 0.25) is 5.13 Å². The van der Waals surface area contributed by atoms with E-state index in [4.69, 9.17) is 0 Å². The van der Waals surface area contributed by atoms with Crippen molar-refractivity contribution >= 4 is 22.6 Å². The number of rotatable bonds is 4. The van der Waals surface area contributed by atoms with Crippen molar-refractivity contribution < 1.29 is 4.79 Å². The molecule has 1 saturated heterocycles. The Bertz CT molecular complexity index is 701. The van der Waals surface area contributed by atoms with Crippen molar-refractivity contribution in [1.82, 2.24) is 24.0 Å². The molecule has 0 unspecified atom stereocenters. The van der Waals surface area contributed by atoms with E-state index in [-0.39, 0.29) is 11.9 Å². The molecule has 1 fully saturated rings. The minimum Gasteiger partial charge on any atom is -0.347 e. The number of piperidine rings is 1. The highest BCUT2D eigenvalue weighted by Gasteiger charge is 2.28. The van der Waals surface area contributed by atoms with Crippen LogP contribution in [0.2, 0.25) is 0 Å². The Kier molecular flexibility index (Phi) is 4.84. The number of anilines is 1. The third kappa shape index (κ3) is 3.43. The van der Waals surface area contributed by atoms with Crippen LogP contribution in [0.5, 0.6) is 0 Å². The highest BCUT2D eigenvalue weighted by molar-refractivity contribution is 7.09. The van der Waals surface area contributed by atoms with Crippen molar-refractivity contribution in [3.8, 4) is 0 Å². The van der Waals surface area contributed by atoms with Crippen LogP contribution in [0.1, 0.15) is 48.8 Å². The topological polar surface area (TPSA) is 67.2 Å². The van der Waals surface area contributed by atoms with Crippen molar-refractivity contribution in [2.75, 3.05) is 25.0 Å². The van der Waals surface area contributed by atoms with Gasteiger partial charge in [0.25, 0.3) is 5.91 Å². The Hall–Kier alpha value is -1.96. The summed E-state index contributed by atoms with van der Waals surface area (Å²) < 4.78 is 6.09. The van der Waals surface area contributed by atoms with E-state index in [0.29, 0.717) is 11.5 Å². The largest absolute Gasteiger partial charge is 0.347 e. The quantitative estimate of drug-likeness (QED) is 0.847. The number of hydrogen-bond acceptors (Lipinski definition) is 6. The molecule has 0 N–H and O–H groups in total. The van der Waals surface area contributed by atoms with Gasteiger partial charge >= 0.3 is 0 Å². The van der Waals surface area contributed by atoms with E-state index >= 15 is 0 Å². The van der Waals surface area contributed by atoms with Gasteiger partial charge in [-0.15, -0.1) is 0 Å². The van der Waals surface area contributed by atoms with Crippen molar-refractivity contribution in [2.45, 2.75) is 38.6 Å². The lowest BCUT2D eigenvalue weighted by atomic mass is 10.0. The fourth-order valence-corrected chi connectivity index (χ4v) is 3.79. The van der Waals surface area contributed by atoms with Gasteiger partial charge in [0.05, 0.1) is 11.8 Å². The molecular formula is C16H24N6OS. The Labute approximate surface area is 146 Å². The second-order valence-corrected chi connectivity index (χ2v) is 7.36.